The van der Waals surface area contributed by atoms with Gasteiger partial charge in [0.15, 0.2) is 0 Å². The van der Waals surface area contributed by atoms with Crippen LogP contribution in [-0.4, -0.2) is 16.8 Å². The highest BCUT2D eigenvalue weighted by atomic mass is 79.9. The lowest BCUT2D eigenvalue weighted by molar-refractivity contribution is -0.121. The Kier molecular flexibility index (Phi) is 5.32. The Morgan fingerprint density at radius 2 is 1.69 bits per heavy atom. The maximum atomic E-state index is 12.3. The lowest BCUT2D eigenvalue weighted by atomic mass is 9.99. The minimum Gasteiger partial charge on any atom is -0.273 e. The minimum absolute atomic E-state index is 0.149. The molecule has 0 bridgehead atoms. The monoisotopic (exact) mass is 411 g/mol. The van der Waals surface area contributed by atoms with Gasteiger partial charge in [-0.3, -0.25) is 25.4 Å². The molecule has 2 amide bonds. The summed E-state index contributed by atoms with van der Waals surface area (Å²) in [6.45, 7) is 3.88. The van der Waals surface area contributed by atoms with Crippen LogP contribution in [0.2, 0.25) is 0 Å². The van der Waals surface area contributed by atoms with E-state index in [2.05, 4.69) is 31.8 Å². The quantitative estimate of drug-likeness (QED) is 0.646. The van der Waals surface area contributed by atoms with Gasteiger partial charge in [0.2, 0.25) is 5.91 Å². The van der Waals surface area contributed by atoms with Gasteiger partial charge in [0.05, 0.1) is 11.9 Å². The zero-order chi connectivity index (χ0) is 18.7. The number of hydrazine groups is 1. The van der Waals surface area contributed by atoms with E-state index >= 15 is 0 Å². The molecule has 0 aliphatic carbocycles. The van der Waals surface area contributed by atoms with Crippen LogP contribution in [0.3, 0.4) is 0 Å². The van der Waals surface area contributed by atoms with Crippen LogP contribution >= 0.6 is 15.9 Å². The average molecular weight is 412 g/mol. The van der Waals surface area contributed by atoms with Crippen LogP contribution in [0.4, 0.5) is 0 Å². The first kappa shape index (κ1) is 18.1. The van der Waals surface area contributed by atoms with Gasteiger partial charge in [0.25, 0.3) is 5.91 Å². The first-order valence-corrected chi connectivity index (χ1v) is 8.94. The van der Waals surface area contributed by atoms with E-state index in [1.165, 1.54) is 0 Å². The summed E-state index contributed by atoms with van der Waals surface area (Å²) in [4.78, 5) is 28.9. The third kappa shape index (κ3) is 3.91. The second-order valence-electron chi connectivity index (χ2n) is 6.00. The number of fused-ring (bicyclic) bond motifs is 1. The molecule has 2 N–H and O–H groups in total. The van der Waals surface area contributed by atoms with Crippen molar-refractivity contribution in [3.05, 3.63) is 75.4 Å². The van der Waals surface area contributed by atoms with Gasteiger partial charge in [-0.25, -0.2) is 0 Å². The summed E-state index contributed by atoms with van der Waals surface area (Å²) < 4.78 is 0.882. The van der Waals surface area contributed by atoms with Gasteiger partial charge in [-0.2, -0.15) is 0 Å². The Labute approximate surface area is 159 Å². The largest absolute Gasteiger partial charge is 0.273 e. The smallest absolute Gasteiger partial charge is 0.269 e. The van der Waals surface area contributed by atoms with Crippen molar-refractivity contribution in [1.82, 2.24) is 15.8 Å². The molecule has 0 spiro atoms. The van der Waals surface area contributed by atoms with Crippen molar-refractivity contribution in [3.8, 4) is 0 Å². The number of aromatic nitrogens is 1. The molecule has 5 nitrogen and oxygen atoms in total. The topological polar surface area (TPSA) is 71.1 Å². The predicted molar refractivity (Wildman–Crippen MR) is 105 cm³/mol. The molecule has 0 atom stereocenters. The summed E-state index contributed by atoms with van der Waals surface area (Å²) in [6, 6.07) is 14.7. The molecule has 0 aliphatic rings. The van der Waals surface area contributed by atoms with E-state index < -0.39 is 0 Å². The van der Waals surface area contributed by atoms with Crippen molar-refractivity contribution in [2.75, 3.05) is 0 Å². The molecule has 0 radical (unpaired) electrons. The Morgan fingerprint density at radius 1 is 1.00 bits per heavy atom. The predicted octanol–water partition coefficient (Wildman–Crippen LogP) is 3.62. The molecule has 2 aromatic carbocycles. The number of pyridine rings is 1. The van der Waals surface area contributed by atoms with Gasteiger partial charge in [-0.15, -0.1) is 0 Å². The van der Waals surface area contributed by atoms with Crippen LogP contribution in [0.25, 0.3) is 10.9 Å². The van der Waals surface area contributed by atoms with E-state index in [0.717, 1.165) is 32.2 Å². The number of aryl methyl sites for hydroxylation is 2. The Morgan fingerprint density at radius 3 is 2.42 bits per heavy atom. The molecule has 3 rings (SSSR count). The standard InChI is InChI=1S/C20H18BrN3O2/c1-12-16-5-3-4-6-18(16)22-13(2)17(12)11-19(25)23-24-20(26)14-7-9-15(21)10-8-14/h3-10H,11H2,1-2H3,(H,23,25)(H,24,26). The van der Waals surface area contributed by atoms with E-state index in [9.17, 15) is 9.59 Å². The Bertz CT molecular complexity index is 984. The molecule has 0 fully saturated rings. The lowest BCUT2D eigenvalue weighted by Crippen LogP contribution is -2.42. The molecule has 0 saturated heterocycles. The van der Waals surface area contributed by atoms with Crippen molar-refractivity contribution in [3.63, 3.8) is 0 Å². The van der Waals surface area contributed by atoms with Gasteiger partial charge in [-0.1, -0.05) is 34.1 Å². The van der Waals surface area contributed by atoms with Gasteiger partial charge in [-0.05, 0) is 55.3 Å². The number of carbonyl (C=O) groups excluding carboxylic acids is 2. The first-order valence-electron chi connectivity index (χ1n) is 8.15. The molecule has 0 aliphatic heterocycles. The summed E-state index contributed by atoms with van der Waals surface area (Å²) in [7, 11) is 0. The minimum atomic E-state index is -0.365. The van der Waals surface area contributed by atoms with E-state index in [1.54, 1.807) is 24.3 Å². The van der Waals surface area contributed by atoms with E-state index in [1.807, 2.05) is 38.1 Å². The molecule has 1 heterocycles. The lowest BCUT2D eigenvalue weighted by Gasteiger charge is -2.13. The average Bonchev–Trinajstić information content (AvgIpc) is 2.64. The maximum Gasteiger partial charge on any atom is 0.269 e. The number of para-hydroxylation sites is 1. The second-order valence-corrected chi connectivity index (χ2v) is 6.92. The van der Waals surface area contributed by atoms with E-state index in [-0.39, 0.29) is 18.2 Å². The second kappa shape index (κ2) is 7.66. The van der Waals surface area contributed by atoms with Crippen molar-refractivity contribution < 1.29 is 9.59 Å². The third-order valence-corrected chi connectivity index (χ3v) is 4.77. The number of halogens is 1. The molecule has 3 aromatic rings. The van der Waals surface area contributed by atoms with Crippen LogP contribution in [0, 0.1) is 13.8 Å². The number of nitrogens with one attached hydrogen (secondary N) is 2. The van der Waals surface area contributed by atoms with E-state index in [0.29, 0.717) is 5.56 Å². The number of hydrogen-bond acceptors (Lipinski definition) is 3. The molecule has 132 valence electrons. The van der Waals surface area contributed by atoms with Crippen LogP contribution < -0.4 is 10.9 Å². The van der Waals surface area contributed by atoms with Crippen LogP contribution in [0.15, 0.2) is 53.0 Å². The highest BCUT2D eigenvalue weighted by molar-refractivity contribution is 9.10. The molecule has 0 unspecified atom stereocenters. The summed E-state index contributed by atoms with van der Waals surface area (Å²) in [6.07, 6.45) is 0.149. The summed E-state index contributed by atoms with van der Waals surface area (Å²) in [5.74, 6) is -0.658. The Balaban J connectivity index is 1.69. The SMILES string of the molecule is Cc1nc2ccccc2c(C)c1CC(=O)NNC(=O)c1ccc(Br)cc1. The number of rotatable bonds is 3. The van der Waals surface area contributed by atoms with Crippen molar-refractivity contribution in [2.45, 2.75) is 20.3 Å². The van der Waals surface area contributed by atoms with Crippen molar-refractivity contribution >= 4 is 38.6 Å². The molecular formula is C20H18BrN3O2. The molecule has 26 heavy (non-hydrogen) atoms. The first-order chi connectivity index (χ1) is 12.5. The molecular weight excluding hydrogens is 394 g/mol. The zero-order valence-electron chi connectivity index (χ0n) is 14.5. The van der Waals surface area contributed by atoms with Gasteiger partial charge >= 0.3 is 0 Å². The molecule has 6 heteroatoms. The normalized spacial score (nSPS) is 10.6. The highest BCUT2D eigenvalue weighted by Crippen LogP contribution is 2.22. The van der Waals surface area contributed by atoms with Gasteiger partial charge < -0.3 is 0 Å². The highest BCUT2D eigenvalue weighted by Gasteiger charge is 2.14. The number of nitrogens with zero attached hydrogens (tertiary/aromatic N) is 1. The van der Waals surface area contributed by atoms with Crippen LogP contribution in [0.1, 0.15) is 27.2 Å². The van der Waals surface area contributed by atoms with Crippen LogP contribution in [-0.2, 0) is 11.2 Å². The third-order valence-electron chi connectivity index (χ3n) is 4.24. The number of amides is 2. The number of benzene rings is 2. The molecule has 1 aromatic heterocycles. The Hall–Kier alpha value is -2.73. The van der Waals surface area contributed by atoms with Crippen molar-refractivity contribution in [2.24, 2.45) is 0 Å². The summed E-state index contributed by atoms with van der Waals surface area (Å²) >= 11 is 3.32. The van der Waals surface area contributed by atoms with Gasteiger partial charge in [0, 0.05) is 21.1 Å². The fraction of sp³-hybridized carbons (Fsp3) is 0.150. The fourth-order valence-corrected chi connectivity index (χ4v) is 3.10. The fourth-order valence-electron chi connectivity index (χ4n) is 2.84. The van der Waals surface area contributed by atoms with E-state index in [4.69, 9.17) is 0 Å². The summed E-state index contributed by atoms with van der Waals surface area (Å²) in [5.41, 5.74) is 9.01. The van der Waals surface area contributed by atoms with Crippen LogP contribution in [0.5, 0.6) is 0 Å². The maximum absolute atomic E-state index is 12.3. The zero-order valence-corrected chi connectivity index (χ0v) is 16.1. The van der Waals surface area contributed by atoms with Gasteiger partial charge in [0.1, 0.15) is 0 Å². The van der Waals surface area contributed by atoms with Crippen molar-refractivity contribution in [1.29, 1.82) is 0 Å². The number of hydrogen-bond donors (Lipinski definition) is 2. The summed E-state index contributed by atoms with van der Waals surface area (Å²) in [5, 5.41) is 1.03. The molecule has 0 saturated carbocycles. The number of carbonyl (C=O) groups is 2.